The molecule has 1 N–H and O–H groups in total. The molecule has 1 amide bonds. The minimum absolute atomic E-state index is 0.237. The predicted octanol–water partition coefficient (Wildman–Crippen LogP) is 2.52. The van der Waals surface area contributed by atoms with Crippen LogP contribution in [-0.4, -0.2) is 38.4 Å². The summed E-state index contributed by atoms with van der Waals surface area (Å²) in [5.41, 5.74) is 2.25. The first-order chi connectivity index (χ1) is 11.6. The number of pyridine rings is 2. The van der Waals surface area contributed by atoms with E-state index in [-0.39, 0.29) is 11.6 Å². The van der Waals surface area contributed by atoms with Crippen molar-refractivity contribution in [1.29, 1.82) is 0 Å². The number of fused-ring (bicyclic) bond motifs is 2. The highest BCUT2D eigenvalue weighted by Gasteiger charge is 2.37. The molecule has 24 heavy (non-hydrogen) atoms. The number of aromatic nitrogens is 2. The monoisotopic (exact) mass is 339 g/mol. The molecule has 4 heterocycles. The minimum atomic E-state index is -1.02. The number of nitrogens with zero attached hydrogens (tertiary/aromatic N) is 3. The van der Waals surface area contributed by atoms with Crippen molar-refractivity contribution in [3.8, 4) is 0 Å². The van der Waals surface area contributed by atoms with Crippen LogP contribution in [0.2, 0.25) is 0 Å². The Hall–Kier alpha value is -2.80. The van der Waals surface area contributed by atoms with Crippen molar-refractivity contribution in [2.75, 3.05) is 6.54 Å². The normalized spacial score (nSPS) is 16.8. The zero-order valence-corrected chi connectivity index (χ0v) is 13.4. The molecule has 0 spiro atoms. The molecule has 0 bridgehead atoms. The van der Waals surface area contributed by atoms with E-state index >= 15 is 0 Å². The second-order valence-corrected chi connectivity index (χ2v) is 6.53. The molecule has 7 heteroatoms. The van der Waals surface area contributed by atoms with Gasteiger partial charge in [-0.25, -0.2) is 9.78 Å². The van der Waals surface area contributed by atoms with Crippen molar-refractivity contribution in [1.82, 2.24) is 14.9 Å². The van der Waals surface area contributed by atoms with E-state index < -0.39 is 12.0 Å². The Kier molecular flexibility index (Phi) is 3.50. The number of rotatable bonds is 2. The molecule has 3 aromatic rings. The van der Waals surface area contributed by atoms with Gasteiger partial charge in [-0.2, -0.15) is 0 Å². The molecular formula is C17H13N3O3S. The molecule has 0 saturated carbocycles. The van der Waals surface area contributed by atoms with Crippen molar-refractivity contribution >= 4 is 34.2 Å². The van der Waals surface area contributed by atoms with Gasteiger partial charge in [-0.1, -0.05) is 0 Å². The maximum atomic E-state index is 12.9. The van der Waals surface area contributed by atoms with Gasteiger partial charge in [0.25, 0.3) is 5.91 Å². The predicted molar refractivity (Wildman–Crippen MR) is 89.0 cm³/mol. The van der Waals surface area contributed by atoms with E-state index in [9.17, 15) is 14.7 Å². The van der Waals surface area contributed by atoms with Crippen molar-refractivity contribution in [3.63, 3.8) is 0 Å². The van der Waals surface area contributed by atoms with Crippen molar-refractivity contribution in [3.05, 3.63) is 58.0 Å². The number of carbonyl (C=O) groups is 2. The first-order valence-electron chi connectivity index (χ1n) is 7.47. The summed E-state index contributed by atoms with van der Waals surface area (Å²) < 4.78 is 0. The first-order valence-corrected chi connectivity index (χ1v) is 8.35. The van der Waals surface area contributed by atoms with Gasteiger partial charge in [-0.3, -0.25) is 9.78 Å². The summed E-state index contributed by atoms with van der Waals surface area (Å²) in [4.78, 5) is 35.6. The Morgan fingerprint density at radius 3 is 2.92 bits per heavy atom. The molecule has 0 fully saturated rings. The number of carbonyl (C=O) groups excluding carboxylic acids is 1. The highest BCUT2D eigenvalue weighted by atomic mass is 32.1. The second-order valence-electron chi connectivity index (χ2n) is 5.53. The van der Waals surface area contributed by atoms with Crippen molar-refractivity contribution in [2.24, 2.45) is 0 Å². The molecule has 4 rings (SSSR count). The molecule has 0 radical (unpaired) electrons. The van der Waals surface area contributed by atoms with E-state index in [4.69, 9.17) is 0 Å². The Labute approximate surface area is 141 Å². The van der Waals surface area contributed by atoms with Crippen LogP contribution < -0.4 is 0 Å². The van der Waals surface area contributed by atoms with Gasteiger partial charge in [0.1, 0.15) is 5.69 Å². The Bertz CT molecular complexity index is 953. The van der Waals surface area contributed by atoms with Crippen LogP contribution >= 0.6 is 11.3 Å². The van der Waals surface area contributed by atoms with Gasteiger partial charge in [-0.05, 0) is 47.7 Å². The van der Waals surface area contributed by atoms with E-state index in [1.54, 1.807) is 36.5 Å². The summed E-state index contributed by atoms with van der Waals surface area (Å²) in [6, 6.07) is 7.68. The third-order valence-electron chi connectivity index (χ3n) is 4.14. The van der Waals surface area contributed by atoms with Gasteiger partial charge in [-0.15, -0.1) is 11.3 Å². The molecule has 1 atom stereocenters. The second kappa shape index (κ2) is 5.68. The molecule has 1 unspecified atom stereocenters. The quantitative estimate of drug-likeness (QED) is 0.775. The van der Waals surface area contributed by atoms with E-state index in [1.165, 1.54) is 16.2 Å². The highest BCUT2D eigenvalue weighted by molar-refractivity contribution is 7.10. The number of aliphatic carboxylic acids is 1. The smallest absolute Gasteiger partial charge is 0.331 e. The van der Waals surface area contributed by atoms with Crippen LogP contribution in [0.3, 0.4) is 0 Å². The lowest BCUT2D eigenvalue weighted by atomic mass is 9.99. The molecule has 1 aliphatic heterocycles. The number of amides is 1. The Morgan fingerprint density at radius 1 is 1.21 bits per heavy atom. The third kappa shape index (κ3) is 2.33. The van der Waals surface area contributed by atoms with Gasteiger partial charge in [0, 0.05) is 17.6 Å². The van der Waals surface area contributed by atoms with Gasteiger partial charge in [0.05, 0.1) is 11.0 Å². The maximum Gasteiger partial charge on any atom is 0.331 e. The van der Waals surface area contributed by atoms with Crippen molar-refractivity contribution < 1.29 is 14.7 Å². The highest BCUT2D eigenvalue weighted by Crippen LogP contribution is 2.34. The molecular weight excluding hydrogens is 326 g/mol. The van der Waals surface area contributed by atoms with Gasteiger partial charge in [0.2, 0.25) is 0 Å². The molecule has 0 saturated heterocycles. The van der Waals surface area contributed by atoms with Crippen LogP contribution in [0.15, 0.2) is 41.9 Å². The summed E-state index contributed by atoms with van der Waals surface area (Å²) in [5, 5.41) is 11.5. The van der Waals surface area contributed by atoms with Crippen LogP contribution in [0.1, 0.15) is 27.0 Å². The maximum absolute atomic E-state index is 12.9. The summed E-state index contributed by atoms with van der Waals surface area (Å²) in [6.07, 6.45) is 2.33. The number of carboxylic acids is 1. The zero-order chi connectivity index (χ0) is 16.7. The Morgan fingerprint density at radius 2 is 2.08 bits per heavy atom. The van der Waals surface area contributed by atoms with Gasteiger partial charge in [0.15, 0.2) is 6.04 Å². The molecule has 3 aromatic heterocycles. The van der Waals surface area contributed by atoms with E-state index in [0.717, 1.165) is 4.88 Å². The minimum Gasteiger partial charge on any atom is -0.479 e. The summed E-state index contributed by atoms with van der Waals surface area (Å²) in [5.74, 6) is -1.39. The molecule has 6 nitrogen and oxygen atoms in total. The fraction of sp³-hybridized carbons (Fsp3) is 0.176. The standard InChI is InChI=1S/C17H13N3O3S/c21-16(13-4-3-11-12(19-13)2-1-7-18-11)20-8-5-14-10(6-9-24-14)15(20)17(22)23/h1-4,6-7,9,15H,5,8H2,(H,22,23). The first kappa shape index (κ1) is 14.8. The van der Waals surface area contributed by atoms with E-state index in [2.05, 4.69) is 9.97 Å². The lowest BCUT2D eigenvalue weighted by Gasteiger charge is -2.32. The molecule has 120 valence electrons. The SMILES string of the molecule is O=C(O)C1c2ccsc2CCN1C(=O)c1ccc2ncccc2n1. The van der Waals surface area contributed by atoms with Crippen LogP contribution in [-0.2, 0) is 11.2 Å². The van der Waals surface area contributed by atoms with E-state index in [1.807, 2.05) is 5.38 Å². The van der Waals surface area contributed by atoms with Crippen LogP contribution in [0, 0.1) is 0 Å². The summed E-state index contributed by atoms with van der Waals surface area (Å²) >= 11 is 1.53. The topological polar surface area (TPSA) is 83.4 Å². The fourth-order valence-electron chi connectivity index (χ4n) is 3.02. The van der Waals surface area contributed by atoms with Crippen LogP contribution in [0.5, 0.6) is 0 Å². The third-order valence-corrected chi connectivity index (χ3v) is 5.13. The molecule has 0 aromatic carbocycles. The lowest BCUT2D eigenvalue weighted by molar-refractivity contribution is -0.142. The zero-order valence-electron chi connectivity index (χ0n) is 12.5. The largest absolute Gasteiger partial charge is 0.479 e. The molecule has 1 aliphatic rings. The number of carboxylic acid groups (broad SMARTS) is 1. The lowest BCUT2D eigenvalue weighted by Crippen LogP contribution is -2.43. The Balaban J connectivity index is 1.73. The average molecular weight is 339 g/mol. The van der Waals surface area contributed by atoms with Crippen LogP contribution in [0.25, 0.3) is 11.0 Å². The summed E-state index contributed by atoms with van der Waals surface area (Å²) in [7, 11) is 0. The van der Waals surface area contributed by atoms with E-state index in [0.29, 0.717) is 29.6 Å². The number of hydrogen-bond acceptors (Lipinski definition) is 5. The van der Waals surface area contributed by atoms with Gasteiger partial charge < -0.3 is 10.0 Å². The van der Waals surface area contributed by atoms with Gasteiger partial charge >= 0.3 is 5.97 Å². The number of thiophene rings is 1. The van der Waals surface area contributed by atoms with Crippen LogP contribution in [0.4, 0.5) is 0 Å². The molecule has 0 aliphatic carbocycles. The average Bonchev–Trinajstić information content (AvgIpc) is 3.08. The fourth-order valence-corrected chi connectivity index (χ4v) is 3.93. The number of hydrogen-bond donors (Lipinski definition) is 1. The van der Waals surface area contributed by atoms with Crippen molar-refractivity contribution in [2.45, 2.75) is 12.5 Å². The summed E-state index contributed by atoms with van der Waals surface area (Å²) in [6.45, 7) is 0.371.